The van der Waals surface area contributed by atoms with Crippen LogP contribution in [0.2, 0.25) is 5.02 Å². The van der Waals surface area contributed by atoms with Gasteiger partial charge in [0.05, 0.1) is 9.80 Å². The Bertz CT molecular complexity index is 755. The number of rotatable bonds is 1. The second kappa shape index (κ2) is 4.87. The minimum atomic E-state index is -2.53. The molecule has 0 aliphatic carbocycles. The van der Waals surface area contributed by atoms with Crippen LogP contribution in [0.5, 0.6) is 0 Å². The van der Waals surface area contributed by atoms with Crippen LogP contribution in [0.15, 0.2) is 39.6 Å². The van der Waals surface area contributed by atoms with Gasteiger partial charge in [0.15, 0.2) is 0 Å². The number of carbonyl (C=O) groups excluding carboxylic acids is 2. The van der Waals surface area contributed by atoms with Crippen molar-refractivity contribution in [3.05, 3.63) is 45.3 Å². The summed E-state index contributed by atoms with van der Waals surface area (Å²) in [5.41, 5.74) is 1.88. The van der Waals surface area contributed by atoms with Gasteiger partial charge in [-0.1, -0.05) is 28.3 Å². The van der Waals surface area contributed by atoms with Crippen molar-refractivity contribution in [2.24, 2.45) is 0 Å². The summed E-state index contributed by atoms with van der Waals surface area (Å²) in [5, 5.41) is 3.82. The summed E-state index contributed by atoms with van der Waals surface area (Å²) < 4.78 is 10.9. The molecule has 3 heterocycles. The number of allylic oxidation sites excluding steroid dienone is 1. The molecule has 7 heteroatoms. The predicted octanol–water partition coefficient (Wildman–Crippen LogP) is 2.71. The number of hydrogen-bond donors (Lipinski definition) is 1. The molecule has 4 rings (SSSR count). The van der Waals surface area contributed by atoms with Crippen molar-refractivity contribution < 1.29 is 18.0 Å². The summed E-state index contributed by atoms with van der Waals surface area (Å²) in [7, 11) is -2.53. The van der Waals surface area contributed by atoms with E-state index >= 15 is 0 Å². The standard InChI is InChI=1S/C15H12ClNO4S/c16-11-1-2-12-10(7-11)8-13(9-3-5-17-6-4-9)22(12)20-14(18)15(19)21-22/h1-3,7-8,17H,4-6H2. The van der Waals surface area contributed by atoms with Gasteiger partial charge < -0.3 is 13.7 Å². The monoisotopic (exact) mass is 337 g/mol. The Labute approximate surface area is 133 Å². The van der Waals surface area contributed by atoms with Gasteiger partial charge in [0, 0.05) is 17.1 Å². The third kappa shape index (κ3) is 1.91. The fourth-order valence-electron chi connectivity index (χ4n) is 2.80. The molecule has 5 nitrogen and oxygen atoms in total. The molecule has 0 unspecified atom stereocenters. The van der Waals surface area contributed by atoms with Gasteiger partial charge in [0.25, 0.3) is 0 Å². The molecule has 3 aliphatic heterocycles. The lowest BCUT2D eigenvalue weighted by atomic mass is 10.1. The van der Waals surface area contributed by atoms with Gasteiger partial charge in [-0.05, 0) is 42.8 Å². The smallest absolute Gasteiger partial charge is 0.325 e. The highest BCUT2D eigenvalue weighted by atomic mass is 35.5. The lowest BCUT2D eigenvalue weighted by Gasteiger charge is -2.36. The Morgan fingerprint density at radius 3 is 2.64 bits per heavy atom. The first-order chi connectivity index (χ1) is 10.6. The highest BCUT2D eigenvalue weighted by Gasteiger charge is 2.50. The zero-order valence-corrected chi connectivity index (χ0v) is 13.0. The van der Waals surface area contributed by atoms with E-state index in [0.717, 1.165) is 35.6 Å². The lowest BCUT2D eigenvalue weighted by Crippen LogP contribution is -2.21. The molecule has 1 aromatic carbocycles. The maximum Gasteiger partial charge on any atom is 0.442 e. The Morgan fingerprint density at radius 2 is 1.95 bits per heavy atom. The van der Waals surface area contributed by atoms with Crippen LogP contribution in [0.1, 0.15) is 12.0 Å². The molecule has 0 bridgehead atoms. The molecule has 114 valence electrons. The van der Waals surface area contributed by atoms with Crippen LogP contribution in [0.25, 0.3) is 6.08 Å². The molecule has 1 aromatic rings. The average molecular weight is 338 g/mol. The molecule has 3 aliphatic rings. The second-order valence-electron chi connectivity index (χ2n) is 5.12. The van der Waals surface area contributed by atoms with Crippen LogP contribution in [0.4, 0.5) is 0 Å². The molecular weight excluding hydrogens is 326 g/mol. The van der Waals surface area contributed by atoms with E-state index in [2.05, 4.69) is 5.32 Å². The summed E-state index contributed by atoms with van der Waals surface area (Å²) in [6, 6.07) is 5.27. The van der Waals surface area contributed by atoms with Gasteiger partial charge >= 0.3 is 11.9 Å². The Kier molecular flexibility index (Phi) is 3.07. The van der Waals surface area contributed by atoms with Crippen molar-refractivity contribution in [3.8, 4) is 0 Å². The fraction of sp³-hybridized carbons (Fsp3) is 0.200. The van der Waals surface area contributed by atoms with Crippen LogP contribution >= 0.6 is 22.2 Å². The van der Waals surface area contributed by atoms with E-state index in [4.69, 9.17) is 20.0 Å². The van der Waals surface area contributed by atoms with E-state index in [1.54, 1.807) is 18.2 Å². The molecule has 0 saturated carbocycles. The van der Waals surface area contributed by atoms with Crippen molar-refractivity contribution in [1.29, 1.82) is 0 Å². The average Bonchev–Trinajstić information content (AvgIpc) is 2.97. The summed E-state index contributed by atoms with van der Waals surface area (Å²) in [6.45, 7) is 1.57. The quantitative estimate of drug-likeness (QED) is 0.798. The van der Waals surface area contributed by atoms with Gasteiger partial charge in [-0.2, -0.15) is 0 Å². The normalized spacial score (nSPS) is 23.5. The van der Waals surface area contributed by atoms with Crippen LogP contribution in [0, 0.1) is 0 Å². The van der Waals surface area contributed by atoms with Crippen LogP contribution < -0.4 is 5.32 Å². The van der Waals surface area contributed by atoms with E-state index in [0.29, 0.717) is 9.92 Å². The molecule has 0 amide bonds. The zero-order valence-electron chi connectivity index (χ0n) is 11.4. The molecule has 0 aromatic heterocycles. The van der Waals surface area contributed by atoms with Crippen LogP contribution in [0.3, 0.4) is 0 Å². The van der Waals surface area contributed by atoms with Crippen molar-refractivity contribution >= 4 is 40.2 Å². The molecule has 1 fully saturated rings. The molecule has 1 spiro atoms. The lowest BCUT2D eigenvalue weighted by molar-refractivity contribution is -0.150. The van der Waals surface area contributed by atoms with E-state index in [-0.39, 0.29) is 0 Å². The van der Waals surface area contributed by atoms with Gasteiger partial charge in [0.2, 0.25) is 0 Å². The number of hydrogen-bond acceptors (Lipinski definition) is 5. The molecule has 1 saturated heterocycles. The van der Waals surface area contributed by atoms with E-state index in [9.17, 15) is 9.59 Å². The number of benzene rings is 1. The first kappa shape index (κ1) is 13.9. The second-order valence-corrected chi connectivity index (χ2v) is 7.78. The zero-order chi connectivity index (χ0) is 15.3. The van der Waals surface area contributed by atoms with Crippen molar-refractivity contribution in [2.45, 2.75) is 11.3 Å². The summed E-state index contributed by atoms with van der Waals surface area (Å²) in [4.78, 5) is 24.9. The van der Waals surface area contributed by atoms with E-state index in [1.165, 1.54) is 0 Å². The number of fused-ring (bicyclic) bond motifs is 2. The first-order valence-electron chi connectivity index (χ1n) is 6.82. The summed E-state index contributed by atoms with van der Waals surface area (Å²) >= 11 is 6.05. The minimum Gasteiger partial charge on any atom is -0.325 e. The maximum absolute atomic E-state index is 11.7. The SMILES string of the molecule is O=C1OS2(OC1=O)C(C1=CCNCC1)=Cc1cc(Cl)ccc12. The topological polar surface area (TPSA) is 64.6 Å². The summed E-state index contributed by atoms with van der Waals surface area (Å²) in [5.74, 6) is -1.86. The molecule has 22 heavy (non-hydrogen) atoms. The Morgan fingerprint density at radius 1 is 1.18 bits per heavy atom. The van der Waals surface area contributed by atoms with Gasteiger partial charge in [-0.3, -0.25) is 0 Å². The van der Waals surface area contributed by atoms with Crippen molar-refractivity contribution in [2.75, 3.05) is 13.1 Å². The number of halogens is 1. The molecule has 0 radical (unpaired) electrons. The molecular formula is C15H12ClNO4S. The van der Waals surface area contributed by atoms with E-state index in [1.807, 2.05) is 12.2 Å². The highest BCUT2D eigenvalue weighted by molar-refractivity contribution is 8.30. The highest BCUT2D eigenvalue weighted by Crippen LogP contribution is 2.73. The molecule has 1 N–H and O–H groups in total. The third-order valence-electron chi connectivity index (χ3n) is 3.77. The molecule has 0 atom stereocenters. The van der Waals surface area contributed by atoms with Crippen LogP contribution in [-0.2, 0) is 18.0 Å². The predicted molar refractivity (Wildman–Crippen MR) is 83.0 cm³/mol. The number of nitrogens with one attached hydrogen (secondary N) is 1. The summed E-state index contributed by atoms with van der Waals surface area (Å²) in [6.07, 6.45) is 4.74. The number of carbonyl (C=O) groups is 2. The van der Waals surface area contributed by atoms with Gasteiger partial charge in [-0.15, -0.1) is 0 Å². The van der Waals surface area contributed by atoms with Crippen molar-refractivity contribution in [1.82, 2.24) is 5.32 Å². The Hall–Kier alpha value is -1.76. The van der Waals surface area contributed by atoms with Crippen LogP contribution in [-0.4, -0.2) is 25.0 Å². The largest absolute Gasteiger partial charge is 0.442 e. The third-order valence-corrected chi connectivity index (χ3v) is 6.69. The van der Waals surface area contributed by atoms with Gasteiger partial charge in [0.1, 0.15) is 0 Å². The van der Waals surface area contributed by atoms with Gasteiger partial charge in [-0.25, -0.2) is 9.59 Å². The fourth-order valence-corrected chi connectivity index (χ4v) is 5.66. The maximum atomic E-state index is 11.7. The van der Waals surface area contributed by atoms with E-state index < -0.39 is 22.5 Å². The van der Waals surface area contributed by atoms with Crippen molar-refractivity contribution in [3.63, 3.8) is 0 Å². The first-order valence-corrected chi connectivity index (χ1v) is 8.68. The Balaban J connectivity index is 1.89. The minimum absolute atomic E-state index is 0.584.